The minimum absolute atomic E-state index is 0.217. The second-order valence-electron chi connectivity index (χ2n) is 7.69. The molecule has 0 amide bonds. The zero-order valence-electron chi connectivity index (χ0n) is 20.2. The summed E-state index contributed by atoms with van der Waals surface area (Å²) in [5, 5.41) is 0. The second-order valence-corrected chi connectivity index (χ2v) is 8.70. The van der Waals surface area contributed by atoms with Gasteiger partial charge in [-0.15, -0.1) is 0 Å². The lowest BCUT2D eigenvalue weighted by Gasteiger charge is -2.24. The van der Waals surface area contributed by atoms with Crippen LogP contribution in [0.2, 0.25) is 0 Å². The number of rotatable bonds is 7. The lowest BCUT2D eigenvalue weighted by atomic mass is 9.96. The van der Waals surface area contributed by atoms with Gasteiger partial charge in [0.25, 0.3) is 5.56 Å². The SMILES string of the molecule is CCOC(=O)C1=C(C)N=c2s/c(=C\c3ccc(OC)c(OC)c3)c(=O)n2C1c1ccc(OC)cc1. The van der Waals surface area contributed by atoms with Crippen molar-refractivity contribution >= 4 is 23.4 Å². The van der Waals surface area contributed by atoms with Gasteiger partial charge in [0.15, 0.2) is 16.3 Å². The molecule has 4 rings (SSSR count). The van der Waals surface area contributed by atoms with Gasteiger partial charge in [-0.1, -0.05) is 29.5 Å². The molecule has 1 aromatic heterocycles. The molecule has 0 saturated carbocycles. The molecule has 0 saturated heterocycles. The van der Waals surface area contributed by atoms with Crippen molar-refractivity contribution in [2.45, 2.75) is 19.9 Å². The van der Waals surface area contributed by atoms with Gasteiger partial charge in [0, 0.05) is 0 Å². The van der Waals surface area contributed by atoms with E-state index in [9.17, 15) is 9.59 Å². The molecule has 0 radical (unpaired) electrons. The van der Waals surface area contributed by atoms with Crippen LogP contribution < -0.4 is 29.1 Å². The van der Waals surface area contributed by atoms with E-state index in [2.05, 4.69) is 4.99 Å². The number of benzene rings is 2. The summed E-state index contributed by atoms with van der Waals surface area (Å²) in [7, 11) is 4.71. The maximum atomic E-state index is 13.7. The van der Waals surface area contributed by atoms with Crippen molar-refractivity contribution in [1.29, 1.82) is 0 Å². The quantitative estimate of drug-likeness (QED) is 0.470. The molecular formula is C26H26N2O6S. The Morgan fingerprint density at radius 3 is 2.40 bits per heavy atom. The zero-order valence-corrected chi connectivity index (χ0v) is 21.0. The Kier molecular flexibility index (Phi) is 7.07. The van der Waals surface area contributed by atoms with E-state index in [1.54, 1.807) is 70.1 Å². The van der Waals surface area contributed by atoms with Crippen molar-refractivity contribution in [3.8, 4) is 17.2 Å². The van der Waals surface area contributed by atoms with Crippen LogP contribution in [0.1, 0.15) is 31.0 Å². The number of nitrogens with zero attached hydrogens (tertiary/aromatic N) is 2. The average molecular weight is 495 g/mol. The highest BCUT2D eigenvalue weighted by Gasteiger charge is 2.33. The Morgan fingerprint density at radius 1 is 1.06 bits per heavy atom. The summed E-state index contributed by atoms with van der Waals surface area (Å²) in [5.41, 5.74) is 2.13. The maximum Gasteiger partial charge on any atom is 0.338 e. The highest BCUT2D eigenvalue weighted by atomic mass is 32.1. The van der Waals surface area contributed by atoms with E-state index in [-0.39, 0.29) is 12.2 Å². The molecule has 1 atom stereocenters. The number of hydrogen-bond donors (Lipinski definition) is 0. The van der Waals surface area contributed by atoms with E-state index < -0.39 is 12.0 Å². The number of thiazole rings is 1. The van der Waals surface area contributed by atoms with Crippen molar-refractivity contribution in [2.24, 2.45) is 4.99 Å². The predicted molar refractivity (Wildman–Crippen MR) is 133 cm³/mol. The fourth-order valence-corrected chi connectivity index (χ4v) is 5.03. The molecule has 9 heteroatoms. The van der Waals surface area contributed by atoms with E-state index in [0.717, 1.165) is 11.1 Å². The van der Waals surface area contributed by atoms with Gasteiger partial charge < -0.3 is 18.9 Å². The topological polar surface area (TPSA) is 88.4 Å². The third-order valence-electron chi connectivity index (χ3n) is 5.65. The standard InChI is InChI=1S/C26H26N2O6S/c1-6-34-25(30)22-15(2)27-26-28(23(22)17-8-10-18(31-3)11-9-17)24(29)21(35-26)14-16-7-12-19(32-4)20(13-16)33-5/h7-14,23H,6H2,1-5H3/b21-14-. The Labute approximate surface area is 206 Å². The Bertz CT molecular complexity index is 1470. The van der Waals surface area contributed by atoms with E-state index in [0.29, 0.717) is 37.9 Å². The van der Waals surface area contributed by atoms with Gasteiger partial charge in [-0.2, -0.15) is 0 Å². The molecule has 2 aromatic carbocycles. The first-order chi connectivity index (χ1) is 16.9. The molecule has 182 valence electrons. The molecule has 0 N–H and O–H groups in total. The van der Waals surface area contributed by atoms with Gasteiger partial charge in [-0.05, 0) is 55.3 Å². The van der Waals surface area contributed by atoms with Crippen LogP contribution in [0.25, 0.3) is 6.08 Å². The Balaban J connectivity index is 1.91. The van der Waals surface area contributed by atoms with Gasteiger partial charge in [-0.3, -0.25) is 9.36 Å². The van der Waals surface area contributed by atoms with Gasteiger partial charge in [0.1, 0.15) is 5.75 Å². The Morgan fingerprint density at radius 2 is 1.77 bits per heavy atom. The number of esters is 1. The third kappa shape index (κ3) is 4.59. The molecule has 0 bridgehead atoms. The minimum Gasteiger partial charge on any atom is -0.497 e. The highest BCUT2D eigenvalue weighted by molar-refractivity contribution is 7.07. The number of ether oxygens (including phenoxy) is 4. The lowest BCUT2D eigenvalue weighted by Crippen LogP contribution is -2.39. The molecule has 3 aromatic rings. The number of hydrogen-bond acceptors (Lipinski definition) is 8. The van der Waals surface area contributed by atoms with E-state index in [1.165, 1.54) is 11.3 Å². The van der Waals surface area contributed by atoms with Crippen molar-refractivity contribution in [3.05, 3.63) is 84.5 Å². The van der Waals surface area contributed by atoms with Crippen LogP contribution in [0.4, 0.5) is 0 Å². The largest absolute Gasteiger partial charge is 0.497 e. The first-order valence-corrected chi connectivity index (χ1v) is 11.8. The Hall–Kier alpha value is -3.85. The van der Waals surface area contributed by atoms with E-state index in [1.807, 2.05) is 18.2 Å². The van der Waals surface area contributed by atoms with E-state index in [4.69, 9.17) is 18.9 Å². The molecule has 0 fully saturated rings. The minimum atomic E-state index is -0.677. The molecule has 1 aliphatic rings. The van der Waals surface area contributed by atoms with Crippen molar-refractivity contribution in [3.63, 3.8) is 0 Å². The first kappa shape index (κ1) is 24.3. The first-order valence-electron chi connectivity index (χ1n) is 11.0. The molecular weight excluding hydrogens is 468 g/mol. The average Bonchev–Trinajstić information content (AvgIpc) is 3.17. The summed E-state index contributed by atoms with van der Waals surface area (Å²) in [5.74, 6) is 1.34. The molecule has 35 heavy (non-hydrogen) atoms. The van der Waals surface area contributed by atoms with Crippen LogP contribution in [-0.4, -0.2) is 38.5 Å². The number of methoxy groups -OCH3 is 3. The normalized spacial score (nSPS) is 15.3. The van der Waals surface area contributed by atoms with Crippen LogP contribution in [0.5, 0.6) is 17.2 Å². The fraction of sp³-hybridized carbons (Fsp3) is 0.269. The predicted octanol–water partition coefficient (Wildman–Crippen LogP) is 2.82. The number of aromatic nitrogens is 1. The third-order valence-corrected chi connectivity index (χ3v) is 6.64. The van der Waals surface area contributed by atoms with Gasteiger partial charge >= 0.3 is 5.97 Å². The summed E-state index contributed by atoms with van der Waals surface area (Å²) in [6.07, 6.45) is 1.78. The molecule has 2 heterocycles. The summed E-state index contributed by atoms with van der Waals surface area (Å²) < 4.78 is 23.3. The number of fused-ring (bicyclic) bond motifs is 1. The second kappa shape index (κ2) is 10.2. The van der Waals surface area contributed by atoms with Gasteiger partial charge in [-0.25, -0.2) is 9.79 Å². The lowest BCUT2D eigenvalue weighted by molar-refractivity contribution is -0.139. The van der Waals surface area contributed by atoms with Crippen LogP contribution >= 0.6 is 11.3 Å². The molecule has 0 aliphatic carbocycles. The summed E-state index contributed by atoms with van der Waals surface area (Å²) in [6.45, 7) is 3.72. The van der Waals surface area contributed by atoms with E-state index >= 15 is 0 Å². The van der Waals surface area contributed by atoms with Crippen molar-refractivity contribution in [1.82, 2.24) is 4.57 Å². The van der Waals surface area contributed by atoms with Gasteiger partial charge in [0.05, 0.1) is 49.8 Å². The summed E-state index contributed by atoms with van der Waals surface area (Å²) in [6, 6.07) is 12.0. The van der Waals surface area contributed by atoms with Gasteiger partial charge in [0.2, 0.25) is 0 Å². The smallest absolute Gasteiger partial charge is 0.338 e. The molecule has 1 aliphatic heterocycles. The maximum absolute atomic E-state index is 13.7. The van der Waals surface area contributed by atoms with Crippen LogP contribution in [0, 0.1) is 0 Å². The van der Waals surface area contributed by atoms with Crippen LogP contribution in [0.15, 0.2) is 63.5 Å². The number of allylic oxidation sites excluding steroid dienone is 1. The summed E-state index contributed by atoms with van der Waals surface area (Å²) in [4.78, 5) is 31.7. The summed E-state index contributed by atoms with van der Waals surface area (Å²) >= 11 is 1.26. The van der Waals surface area contributed by atoms with Crippen LogP contribution in [0.3, 0.4) is 0 Å². The molecule has 0 spiro atoms. The monoisotopic (exact) mass is 494 g/mol. The fourth-order valence-electron chi connectivity index (χ4n) is 3.99. The van der Waals surface area contributed by atoms with Crippen LogP contribution in [-0.2, 0) is 9.53 Å². The zero-order chi connectivity index (χ0) is 25.1. The molecule has 8 nitrogen and oxygen atoms in total. The van der Waals surface area contributed by atoms with Crippen molar-refractivity contribution in [2.75, 3.05) is 27.9 Å². The highest BCUT2D eigenvalue weighted by Crippen LogP contribution is 2.32. The number of carbonyl (C=O) groups is 1. The molecule has 1 unspecified atom stereocenters. The number of carbonyl (C=O) groups excluding carboxylic acids is 1. The van der Waals surface area contributed by atoms with Crippen molar-refractivity contribution < 1.29 is 23.7 Å².